The molecule has 3 fully saturated rings. The molecule has 70 heavy (non-hydrogen) atoms. The molecule has 0 unspecified atom stereocenters. The van der Waals surface area contributed by atoms with E-state index in [0.29, 0.717) is 35.7 Å². The second kappa shape index (κ2) is 22.8. The average Bonchev–Trinajstić information content (AvgIpc) is 3.33. The summed E-state index contributed by atoms with van der Waals surface area (Å²) in [5.41, 5.74) is -6.23. The summed E-state index contributed by atoms with van der Waals surface area (Å²) >= 11 is 0. The molecule has 1 aliphatic heterocycles. The van der Waals surface area contributed by atoms with E-state index < -0.39 is 109 Å². The van der Waals surface area contributed by atoms with Gasteiger partial charge in [0.1, 0.15) is 42.7 Å². The van der Waals surface area contributed by atoms with Gasteiger partial charge in [-0.3, -0.25) is 19.2 Å². The van der Waals surface area contributed by atoms with E-state index in [0.717, 1.165) is 32.1 Å². The van der Waals surface area contributed by atoms with Crippen LogP contribution in [0.25, 0.3) is 0 Å². The van der Waals surface area contributed by atoms with Gasteiger partial charge in [0, 0.05) is 31.6 Å². The van der Waals surface area contributed by atoms with Crippen molar-refractivity contribution in [3.05, 3.63) is 82.9 Å². The minimum absolute atomic E-state index is 0.0816. The first-order valence-electron chi connectivity index (χ1n) is 25.6. The molecule has 2 aromatic carbocycles. The lowest BCUT2D eigenvalue weighted by atomic mass is 9.44. The number of hydrogen-bond donors (Lipinski definition) is 1. The zero-order valence-corrected chi connectivity index (χ0v) is 43.8. The van der Waals surface area contributed by atoms with E-state index in [1.54, 1.807) is 82.3 Å². The number of rotatable bonds is 22. The number of benzene rings is 2. The van der Waals surface area contributed by atoms with Crippen molar-refractivity contribution in [1.29, 1.82) is 0 Å². The van der Waals surface area contributed by atoms with Crippen molar-refractivity contribution in [2.75, 3.05) is 6.61 Å². The van der Waals surface area contributed by atoms with Gasteiger partial charge in [0.2, 0.25) is 0 Å². The molecule has 6 rings (SSSR count). The molecule has 2 saturated carbocycles. The summed E-state index contributed by atoms with van der Waals surface area (Å²) in [4.78, 5) is 86.0. The summed E-state index contributed by atoms with van der Waals surface area (Å²) in [6.07, 6.45) is -1.50. The lowest BCUT2D eigenvalue weighted by Crippen LogP contribution is -2.82. The highest BCUT2D eigenvalue weighted by Crippen LogP contribution is 2.65. The van der Waals surface area contributed by atoms with Crippen LogP contribution < -0.4 is 0 Å². The summed E-state index contributed by atoms with van der Waals surface area (Å²) in [6.45, 7) is 15.8. The molecule has 1 N–H and O–H groups in total. The number of esters is 3. The zero-order chi connectivity index (χ0) is 51.1. The Morgan fingerprint density at radius 2 is 1.43 bits per heavy atom. The molecule has 9 atom stereocenters. The maximum absolute atomic E-state index is 16.6. The molecule has 1 heterocycles. The standard InChI is InChI=1S/C55H76O14Si/c1-10-14-15-16-17-18-25-30-40(57)31-44(58)65-41-33-55(62)49(67-50(60)39-28-23-20-24-29-39)47-53(9,42(69-70(11-2,12-3)13-4)32-43-54(47,35-64-43)68-37(6)56)48(59)46(45(36(41)5)52(55,7)8)66-51(61)63-34-38-26-21-19-22-27-38/h19-24,26-29,41-43,46-47,49,62H,10-18,25,30-35H2,1-9H3/t41-,42-,43+,46+,47-,49-,53+,54-,55+/m0/s1. The van der Waals surface area contributed by atoms with Crippen molar-refractivity contribution >= 4 is 43.9 Å². The van der Waals surface area contributed by atoms with Gasteiger partial charge >= 0.3 is 24.1 Å². The second-order valence-electron chi connectivity index (χ2n) is 20.7. The Morgan fingerprint density at radius 1 is 0.814 bits per heavy atom. The molecule has 15 heteroatoms. The molecule has 2 bridgehead atoms. The lowest BCUT2D eigenvalue weighted by molar-refractivity contribution is -0.344. The van der Waals surface area contributed by atoms with Gasteiger partial charge in [0.25, 0.3) is 0 Å². The van der Waals surface area contributed by atoms with E-state index in [1.807, 2.05) is 6.07 Å². The van der Waals surface area contributed by atoms with Crippen LogP contribution in [0.5, 0.6) is 0 Å². The minimum atomic E-state index is -2.65. The Bertz CT molecular complexity index is 2210. The van der Waals surface area contributed by atoms with Gasteiger partial charge < -0.3 is 38.0 Å². The Labute approximate surface area is 415 Å². The molecule has 3 aliphatic carbocycles. The van der Waals surface area contributed by atoms with E-state index in [-0.39, 0.29) is 43.0 Å². The topological polar surface area (TPSA) is 187 Å². The quantitative estimate of drug-likeness (QED) is 0.0293. The molecule has 4 aliphatic rings. The zero-order valence-electron chi connectivity index (χ0n) is 42.8. The predicted octanol–water partition coefficient (Wildman–Crippen LogP) is 10.1. The van der Waals surface area contributed by atoms with Gasteiger partial charge in [-0.15, -0.1) is 0 Å². The Balaban J connectivity index is 1.54. The third-order valence-electron chi connectivity index (χ3n) is 16.3. The van der Waals surface area contributed by atoms with Crippen LogP contribution in [0.15, 0.2) is 71.8 Å². The first-order chi connectivity index (χ1) is 33.3. The highest BCUT2D eigenvalue weighted by molar-refractivity contribution is 6.73. The van der Waals surface area contributed by atoms with Crippen molar-refractivity contribution in [3.8, 4) is 0 Å². The summed E-state index contributed by atoms with van der Waals surface area (Å²) < 4.78 is 44.9. The van der Waals surface area contributed by atoms with E-state index in [1.165, 1.54) is 13.3 Å². The van der Waals surface area contributed by atoms with Crippen LogP contribution in [0.3, 0.4) is 0 Å². The first-order valence-corrected chi connectivity index (χ1v) is 28.1. The fourth-order valence-corrected chi connectivity index (χ4v) is 14.8. The van der Waals surface area contributed by atoms with Gasteiger partial charge in [-0.25, -0.2) is 9.59 Å². The Morgan fingerprint density at radius 3 is 2.01 bits per heavy atom. The molecule has 0 amide bonds. The monoisotopic (exact) mass is 989 g/mol. The Kier molecular flexibility index (Phi) is 17.8. The number of Topliss-reactive ketones (excluding diaryl/α,β-unsaturated/α-hetero) is 2. The molecule has 2 aromatic rings. The van der Waals surface area contributed by atoms with Crippen molar-refractivity contribution in [2.24, 2.45) is 16.7 Å². The lowest BCUT2D eigenvalue weighted by Gasteiger charge is -2.68. The van der Waals surface area contributed by atoms with Gasteiger partial charge in [-0.1, -0.05) is 129 Å². The van der Waals surface area contributed by atoms with E-state index in [4.69, 9.17) is 32.8 Å². The Hall–Kier alpha value is -4.70. The SMILES string of the molecule is CCCCCCCCCC(=O)CC(=O)O[C@H]1C[C@@]2(O)[C@@H](OC(=O)c3ccccc3)[C@@H]3[C@]4(OC(C)=O)CO[C@@H]4C[C@H](O[Si](CC)(CC)CC)[C@@]3(C)C(=O)[C@H](OC(=O)OCc3ccccc3)C(=C1C)C2(C)C. The van der Waals surface area contributed by atoms with Crippen LogP contribution in [-0.4, -0.2) is 97.4 Å². The average molecular weight is 989 g/mol. The number of ether oxygens (including phenoxy) is 6. The summed E-state index contributed by atoms with van der Waals surface area (Å²) in [6, 6.07) is 19.2. The van der Waals surface area contributed by atoms with Crippen molar-refractivity contribution in [2.45, 2.75) is 199 Å². The number of aliphatic hydroxyl groups is 1. The molecular formula is C55H76O14Si. The molecular weight excluding hydrogens is 913 g/mol. The second-order valence-corrected chi connectivity index (χ2v) is 25.4. The van der Waals surface area contributed by atoms with Crippen molar-refractivity contribution in [3.63, 3.8) is 0 Å². The van der Waals surface area contributed by atoms with E-state index in [9.17, 15) is 29.1 Å². The molecule has 384 valence electrons. The molecule has 14 nitrogen and oxygen atoms in total. The van der Waals surface area contributed by atoms with Crippen LogP contribution in [0.4, 0.5) is 4.79 Å². The number of hydrogen-bond acceptors (Lipinski definition) is 14. The summed E-state index contributed by atoms with van der Waals surface area (Å²) in [5.74, 6) is -4.77. The first kappa shape index (κ1) is 54.6. The molecule has 0 aromatic heterocycles. The third-order valence-corrected chi connectivity index (χ3v) is 20.9. The minimum Gasteiger partial charge on any atom is -0.457 e. The smallest absolute Gasteiger partial charge is 0.457 e. The van der Waals surface area contributed by atoms with Crippen molar-refractivity contribution < 1.29 is 66.7 Å². The highest BCUT2D eigenvalue weighted by Gasteiger charge is 2.79. The number of carbonyl (C=O) groups excluding carboxylic acids is 6. The largest absolute Gasteiger partial charge is 0.509 e. The molecule has 0 spiro atoms. The normalized spacial score (nSPS) is 29.0. The van der Waals surface area contributed by atoms with Crippen LogP contribution in [0.1, 0.15) is 149 Å². The summed E-state index contributed by atoms with van der Waals surface area (Å²) in [5, 5.41) is 14.1. The number of ketones is 2. The maximum Gasteiger partial charge on any atom is 0.509 e. The highest BCUT2D eigenvalue weighted by atomic mass is 28.4. The molecule has 0 radical (unpaired) electrons. The number of carbonyl (C=O) groups is 6. The van der Waals surface area contributed by atoms with Gasteiger partial charge in [-0.2, -0.15) is 0 Å². The van der Waals surface area contributed by atoms with Crippen LogP contribution in [0.2, 0.25) is 18.1 Å². The molecule has 1 saturated heterocycles. The van der Waals surface area contributed by atoms with E-state index >= 15 is 4.79 Å². The van der Waals surface area contributed by atoms with E-state index in [2.05, 4.69) is 27.7 Å². The van der Waals surface area contributed by atoms with Crippen LogP contribution in [-0.2, 0) is 58.6 Å². The van der Waals surface area contributed by atoms with Gasteiger partial charge in [-0.05, 0) is 67.2 Å². The fourth-order valence-electron chi connectivity index (χ4n) is 11.9. The third kappa shape index (κ3) is 10.9. The number of unbranched alkanes of at least 4 members (excludes halogenated alkanes) is 6. The predicted molar refractivity (Wildman–Crippen MR) is 263 cm³/mol. The van der Waals surface area contributed by atoms with Crippen molar-refractivity contribution in [1.82, 2.24) is 0 Å². The maximum atomic E-state index is 16.6. The van der Waals surface area contributed by atoms with Gasteiger partial charge in [0.05, 0.1) is 29.6 Å². The van der Waals surface area contributed by atoms with Crippen LogP contribution in [0, 0.1) is 16.7 Å². The van der Waals surface area contributed by atoms with Crippen LogP contribution >= 0.6 is 0 Å². The number of fused-ring (bicyclic) bond motifs is 5. The fraction of sp³-hybridized carbons (Fsp3) is 0.636. The summed E-state index contributed by atoms with van der Waals surface area (Å²) in [7, 11) is -2.65. The van der Waals surface area contributed by atoms with Gasteiger partial charge in [0.15, 0.2) is 25.8 Å².